The highest BCUT2D eigenvalue weighted by Crippen LogP contribution is 2.61. The van der Waals surface area contributed by atoms with E-state index >= 15 is 0 Å². The highest BCUT2D eigenvalue weighted by atomic mass is 31.2. The second-order valence-electron chi connectivity index (χ2n) is 8.52. The Kier molecular flexibility index (Phi) is 17.7. The molecule has 0 aromatic heterocycles. The summed E-state index contributed by atoms with van der Waals surface area (Å²) in [6.07, 6.45) is 26.2. The van der Waals surface area contributed by atoms with Gasteiger partial charge in [-0.15, -0.1) is 0 Å². The van der Waals surface area contributed by atoms with Crippen molar-refractivity contribution < 1.29 is 0 Å². The van der Waals surface area contributed by atoms with Crippen LogP contribution in [0, 0.1) is 0 Å². The summed E-state index contributed by atoms with van der Waals surface area (Å²) >= 11 is 0. The molecule has 0 saturated heterocycles. The van der Waals surface area contributed by atoms with Gasteiger partial charge in [0.05, 0.1) is 24.6 Å². The third-order valence-corrected chi connectivity index (χ3v) is 10.6. The molecule has 0 atom stereocenters. The fourth-order valence-electron chi connectivity index (χ4n) is 4.07. The molecule has 0 aromatic carbocycles. The summed E-state index contributed by atoms with van der Waals surface area (Å²) < 4.78 is 0. The third-order valence-electron chi connectivity index (χ3n) is 5.56. The van der Waals surface area contributed by atoms with E-state index in [4.69, 9.17) is 0 Å². The van der Waals surface area contributed by atoms with Gasteiger partial charge in [-0.05, 0) is 38.2 Å². The predicted octanol–water partition coefficient (Wildman–Crippen LogP) is 9.10. The van der Waals surface area contributed by atoms with Crippen LogP contribution in [0.2, 0.25) is 0 Å². The van der Waals surface area contributed by atoms with Gasteiger partial charge in [0.15, 0.2) is 0 Å². The molecule has 0 nitrogen and oxygen atoms in total. The van der Waals surface area contributed by atoms with Gasteiger partial charge in [0.1, 0.15) is 0 Å². The lowest BCUT2D eigenvalue weighted by Crippen LogP contribution is -2.13. The van der Waals surface area contributed by atoms with E-state index in [2.05, 4.69) is 34.3 Å². The van der Waals surface area contributed by atoms with Crippen molar-refractivity contribution in [2.45, 2.75) is 118 Å². The molecule has 0 fully saturated rings. The molecule has 0 rings (SSSR count). The maximum atomic E-state index is 4.28. The van der Waals surface area contributed by atoms with Crippen molar-refractivity contribution in [2.75, 3.05) is 24.6 Å². The molecular weight excluding hydrogens is 319 g/mol. The first-order valence-corrected chi connectivity index (χ1v) is 14.1. The summed E-state index contributed by atoms with van der Waals surface area (Å²) in [4.78, 5) is 0. The molecule has 0 aliphatic rings. The monoisotopic (exact) mass is 369 g/mol. The molecule has 0 unspecified atom stereocenters. The molecule has 1 heteroatoms. The minimum Gasteiger partial charge on any atom is -0.0965 e. The van der Waals surface area contributed by atoms with Gasteiger partial charge in [-0.25, -0.2) is 0 Å². The summed E-state index contributed by atoms with van der Waals surface area (Å²) in [5.41, 5.74) is 1.45. The van der Waals surface area contributed by atoms with Crippen molar-refractivity contribution in [1.82, 2.24) is 0 Å². The molecule has 0 aromatic rings. The summed E-state index contributed by atoms with van der Waals surface area (Å²) in [6, 6.07) is 0. The lowest BCUT2D eigenvalue weighted by molar-refractivity contribution is 0.562. The zero-order chi connectivity index (χ0) is 18.8. The van der Waals surface area contributed by atoms with Crippen LogP contribution in [0.3, 0.4) is 0 Å². The van der Waals surface area contributed by atoms with Gasteiger partial charge in [0.25, 0.3) is 0 Å². The summed E-state index contributed by atoms with van der Waals surface area (Å²) in [5.74, 6) is 0. The van der Waals surface area contributed by atoms with Crippen LogP contribution < -0.4 is 0 Å². The maximum absolute atomic E-state index is 4.28. The van der Waals surface area contributed by atoms with E-state index in [0.717, 1.165) is 0 Å². The number of unbranched alkanes of at least 4 members (excludes halogenated alkanes) is 11. The largest absolute Gasteiger partial charge is 0.0965 e. The van der Waals surface area contributed by atoms with E-state index in [1.807, 2.05) is 0 Å². The minimum absolute atomic E-state index is 0.759. The van der Waals surface area contributed by atoms with E-state index in [1.165, 1.54) is 114 Å². The quantitative estimate of drug-likeness (QED) is 0.121. The summed E-state index contributed by atoms with van der Waals surface area (Å²) in [7, 11) is -0.759. The van der Waals surface area contributed by atoms with Crippen molar-refractivity contribution in [3.8, 4) is 0 Å². The topological polar surface area (TPSA) is 0 Å². The highest BCUT2D eigenvalue weighted by molar-refractivity contribution is 7.76. The highest BCUT2D eigenvalue weighted by Gasteiger charge is 2.35. The van der Waals surface area contributed by atoms with Crippen LogP contribution >= 0.6 is 7.26 Å². The fraction of sp³-hybridized carbons (Fsp3) is 0.917. The van der Waals surface area contributed by atoms with Gasteiger partial charge in [0, 0.05) is 7.26 Å². The number of rotatable bonds is 19. The normalized spacial score (nSPS) is 11.8. The number of hydrogen-bond acceptors (Lipinski definition) is 0. The van der Waals surface area contributed by atoms with Gasteiger partial charge in [-0.3, -0.25) is 0 Å². The number of hydrogen-bond donors (Lipinski definition) is 0. The van der Waals surface area contributed by atoms with Gasteiger partial charge in [-0.2, -0.15) is 0 Å². The van der Waals surface area contributed by atoms with Crippen LogP contribution in [0.4, 0.5) is 0 Å². The van der Waals surface area contributed by atoms with Gasteiger partial charge < -0.3 is 0 Å². The summed E-state index contributed by atoms with van der Waals surface area (Å²) in [5, 5.41) is 0. The smallest absolute Gasteiger partial charge is 0.0797 e. The molecule has 0 N–H and O–H groups in total. The van der Waals surface area contributed by atoms with Gasteiger partial charge in [0.2, 0.25) is 0 Å². The Morgan fingerprint density at radius 3 is 1.32 bits per heavy atom. The standard InChI is InChI=1S/C24H50P/c1-6-9-12-13-14-15-16-17-18-19-22-25(20-10-7-2,21-11-8-3)23-24(4)5/h4,6-23H2,1-3,5H3/q+1. The van der Waals surface area contributed by atoms with E-state index in [0.29, 0.717) is 0 Å². The van der Waals surface area contributed by atoms with Crippen molar-refractivity contribution in [3.63, 3.8) is 0 Å². The van der Waals surface area contributed by atoms with E-state index in [1.54, 1.807) is 6.16 Å². The number of allylic oxidation sites excluding steroid dienone is 1. The molecule has 0 aliphatic carbocycles. The van der Waals surface area contributed by atoms with Gasteiger partial charge >= 0.3 is 0 Å². The Balaban J connectivity index is 4.08. The van der Waals surface area contributed by atoms with Crippen LogP contribution in [0.5, 0.6) is 0 Å². The first-order chi connectivity index (χ1) is 12.1. The first kappa shape index (κ1) is 25.2. The Morgan fingerprint density at radius 1 is 0.560 bits per heavy atom. The predicted molar refractivity (Wildman–Crippen MR) is 123 cm³/mol. The lowest BCUT2D eigenvalue weighted by atomic mass is 10.1. The Bertz CT molecular complexity index is 286. The Labute approximate surface area is 162 Å². The maximum Gasteiger partial charge on any atom is 0.0797 e. The summed E-state index contributed by atoms with van der Waals surface area (Å²) in [6.45, 7) is 13.6. The van der Waals surface area contributed by atoms with Crippen LogP contribution in [-0.2, 0) is 0 Å². The fourth-order valence-corrected chi connectivity index (χ4v) is 9.23. The van der Waals surface area contributed by atoms with Crippen molar-refractivity contribution in [3.05, 3.63) is 12.2 Å². The van der Waals surface area contributed by atoms with Crippen molar-refractivity contribution >= 4 is 7.26 Å². The second kappa shape index (κ2) is 17.6. The zero-order valence-electron chi connectivity index (χ0n) is 18.4. The van der Waals surface area contributed by atoms with Crippen molar-refractivity contribution in [1.29, 1.82) is 0 Å². The molecule has 0 bridgehead atoms. The first-order valence-electron chi connectivity index (χ1n) is 11.6. The second-order valence-corrected chi connectivity index (χ2v) is 12.9. The molecular formula is C24H50P+. The van der Waals surface area contributed by atoms with Crippen LogP contribution in [0.15, 0.2) is 12.2 Å². The van der Waals surface area contributed by atoms with E-state index in [-0.39, 0.29) is 0 Å². The average Bonchev–Trinajstić information content (AvgIpc) is 2.59. The molecule has 0 saturated carbocycles. The Hall–Kier alpha value is 0.170. The van der Waals surface area contributed by atoms with Crippen LogP contribution in [-0.4, -0.2) is 24.6 Å². The van der Waals surface area contributed by atoms with E-state index < -0.39 is 7.26 Å². The molecule has 0 aliphatic heterocycles. The minimum atomic E-state index is -0.759. The molecule has 25 heavy (non-hydrogen) atoms. The Morgan fingerprint density at radius 2 is 0.920 bits per heavy atom. The molecule has 0 spiro atoms. The van der Waals surface area contributed by atoms with Crippen LogP contribution in [0.1, 0.15) is 118 Å². The molecule has 0 amide bonds. The van der Waals surface area contributed by atoms with Gasteiger partial charge in [-0.1, -0.05) is 91.6 Å². The van der Waals surface area contributed by atoms with Crippen molar-refractivity contribution in [2.24, 2.45) is 0 Å². The lowest BCUT2D eigenvalue weighted by Gasteiger charge is -2.28. The molecule has 0 heterocycles. The van der Waals surface area contributed by atoms with E-state index in [9.17, 15) is 0 Å². The van der Waals surface area contributed by atoms with Crippen LogP contribution in [0.25, 0.3) is 0 Å². The third kappa shape index (κ3) is 15.0. The molecule has 150 valence electrons. The SMILES string of the molecule is C=C(C)C[P+](CCCC)(CCCC)CCCCCCCCCCCC. The average molecular weight is 370 g/mol. The zero-order valence-corrected chi connectivity index (χ0v) is 19.3. The molecule has 0 radical (unpaired) electrons.